The van der Waals surface area contributed by atoms with E-state index < -0.39 is 5.97 Å². The zero-order valence-electron chi connectivity index (χ0n) is 9.72. The number of carboxylic acids is 1. The second-order valence-electron chi connectivity index (χ2n) is 3.66. The summed E-state index contributed by atoms with van der Waals surface area (Å²) in [6.45, 7) is 1.68. The molecule has 0 saturated heterocycles. The largest absolute Gasteiger partial charge is 0.477 e. The minimum absolute atomic E-state index is 0.000391. The fraction of sp³-hybridized carbons (Fsp3) is 0.0833. The van der Waals surface area contributed by atoms with Crippen LogP contribution in [-0.2, 0) is 0 Å². The molecule has 0 aliphatic heterocycles. The molecular formula is C12H8Br2N2O3. The Morgan fingerprint density at radius 3 is 2.63 bits per heavy atom. The van der Waals surface area contributed by atoms with Crippen molar-refractivity contribution in [3.05, 3.63) is 44.6 Å². The third-order valence-electron chi connectivity index (χ3n) is 2.15. The number of carboxylic acid groups (broad SMARTS) is 1. The number of rotatable bonds is 3. The maximum absolute atomic E-state index is 10.9. The molecule has 1 N–H and O–H groups in total. The number of ether oxygens (including phenoxy) is 1. The van der Waals surface area contributed by atoms with Crippen LogP contribution in [0.1, 0.15) is 16.2 Å². The molecule has 0 spiro atoms. The third kappa shape index (κ3) is 3.51. The van der Waals surface area contributed by atoms with Crippen LogP contribution in [0.2, 0.25) is 0 Å². The van der Waals surface area contributed by atoms with Crippen LogP contribution in [-0.4, -0.2) is 21.0 Å². The summed E-state index contributed by atoms with van der Waals surface area (Å²) in [6.07, 6.45) is 0. The van der Waals surface area contributed by atoms with Gasteiger partial charge in [-0.2, -0.15) is 4.98 Å². The molecule has 0 fully saturated rings. The highest BCUT2D eigenvalue weighted by Crippen LogP contribution is 2.30. The van der Waals surface area contributed by atoms with E-state index in [9.17, 15) is 4.79 Å². The molecule has 0 unspecified atom stereocenters. The molecule has 1 aromatic heterocycles. The quantitative estimate of drug-likeness (QED) is 0.866. The topological polar surface area (TPSA) is 72.3 Å². The molecule has 0 saturated carbocycles. The molecule has 0 atom stereocenters. The number of aromatic carboxylic acids is 1. The Bertz CT molecular complexity index is 647. The Balaban J connectivity index is 2.35. The first-order valence-electron chi connectivity index (χ1n) is 5.17. The van der Waals surface area contributed by atoms with Gasteiger partial charge in [-0.25, -0.2) is 9.78 Å². The number of halogens is 2. The second kappa shape index (κ2) is 5.66. The Morgan fingerprint density at radius 2 is 2.00 bits per heavy atom. The molecule has 5 nitrogen and oxygen atoms in total. The summed E-state index contributed by atoms with van der Waals surface area (Å²) in [5.41, 5.74) is 0.423. The smallest absolute Gasteiger partial charge is 0.354 e. The van der Waals surface area contributed by atoms with Gasteiger partial charge in [0.15, 0.2) is 5.69 Å². The van der Waals surface area contributed by atoms with E-state index in [1.807, 2.05) is 6.07 Å². The van der Waals surface area contributed by atoms with Gasteiger partial charge in [0.1, 0.15) is 5.75 Å². The summed E-state index contributed by atoms with van der Waals surface area (Å²) in [7, 11) is 0. The van der Waals surface area contributed by atoms with Gasteiger partial charge in [-0.15, -0.1) is 0 Å². The molecule has 0 radical (unpaired) electrons. The van der Waals surface area contributed by atoms with Crippen molar-refractivity contribution in [1.82, 2.24) is 9.97 Å². The fourth-order valence-electron chi connectivity index (χ4n) is 1.35. The monoisotopic (exact) mass is 386 g/mol. The van der Waals surface area contributed by atoms with Crippen LogP contribution in [0.15, 0.2) is 33.2 Å². The molecule has 19 heavy (non-hydrogen) atoms. The molecule has 0 amide bonds. The minimum atomic E-state index is -1.12. The molecule has 0 bridgehead atoms. The van der Waals surface area contributed by atoms with Gasteiger partial charge in [0.2, 0.25) is 0 Å². The van der Waals surface area contributed by atoms with Crippen LogP contribution in [0.5, 0.6) is 11.8 Å². The molecular weight excluding hydrogens is 380 g/mol. The van der Waals surface area contributed by atoms with Crippen molar-refractivity contribution in [3.63, 3.8) is 0 Å². The van der Waals surface area contributed by atoms with E-state index in [0.717, 1.165) is 4.47 Å². The van der Waals surface area contributed by atoms with E-state index in [1.165, 1.54) is 6.07 Å². The first kappa shape index (κ1) is 14.0. The van der Waals surface area contributed by atoms with Crippen LogP contribution in [0.4, 0.5) is 0 Å². The van der Waals surface area contributed by atoms with E-state index in [4.69, 9.17) is 9.84 Å². The Morgan fingerprint density at radius 1 is 1.26 bits per heavy atom. The van der Waals surface area contributed by atoms with Gasteiger partial charge in [0, 0.05) is 10.2 Å². The van der Waals surface area contributed by atoms with Crippen molar-refractivity contribution in [2.75, 3.05) is 0 Å². The van der Waals surface area contributed by atoms with Crippen molar-refractivity contribution in [2.24, 2.45) is 0 Å². The lowest BCUT2D eigenvalue weighted by Gasteiger charge is -2.07. The maximum Gasteiger partial charge on any atom is 0.354 e. The van der Waals surface area contributed by atoms with Gasteiger partial charge in [-0.05, 0) is 47.1 Å². The Kier molecular flexibility index (Phi) is 4.16. The summed E-state index contributed by atoms with van der Waals surface area (Å²) in [5, 5.41) is 8.93. The summed E-state index contributed by atoms with van der Waals surface area (Å²) in [4.78, 5) is 18.8. The summed E-state index contributed by atoms with van der Waals surface area (Å²) in [5.74, 6) is -0.615. The van der Waals surface area contributed by atoms with Gasteiger partial charge < -0.3 is 9.84 Å². The van der Waals surface area contributed by atoms with Crippen LogP contribution in [0.3, 0.4) is 0 Å². The highest BCUT2D eigenvalue weighted by atomic mass is 79.9. The van der Waals surface area contributed by atoms with Crippen molar-refractivity contribution >= 4 is 37.8 Å². The van der Waals surface area contributed by atoms with Gasteiger partial charge in [-0.1, -0.05) is 15.9 Å². The molecule has 1 heterocycles. The number of hydrogen-bond donors (Lipinski definition) is 1. The summed E-state index contributed by atoms with van der Waals surface area (Å²) < 4.78 is 7.09. The Hall–Kier alpha value is -1.47. The predicted molar refractivity (Wildman–Crippen MR) is 75.6 cm³/mol. The maximum atomic E-state index is 10.9. The van der Waals surface area contributed by atoms with E-state index in [1.54, 1.807) is 19.1 Å². The first-order valence-corrected chi connectivity index (χ1v) is 6.76. The highest BCUT2D eigenvalue weighted by Gasteiger charge is 2.11. The van der Waals surface area contributed by atoms with Gasteiger partial charge in [-0.3, -0.25) is 0 Å². The number of hydrogen-bond acceptors (Lipinski definition) is 4. The average molecular weight is 388 g/mol. The zero-order chi connectivity index (χ0) is 14.0. The lowest BCUT2D eigenvalue weighted by Crippen LogP contribution is -2.04. The standard InChI is InChI=1S/C12H8Br2N2O3/c1-6-4-9(11(17)18)16-12(15-6)19-10-3-2-7(13)5-8(10)14/h2-5H,1H3,(H,17,18). The van der Waals surface area contributed by atoms with Gasteiger partial charge in [0.25, 0.3) is 0 Å². The molecule has 2 rings (SSSR count). The summed E-state index contributed by atoms with van der Waals surface area (Å²) in [6, 6.07) is 6.71. The normalized spacial score (nSPS) is 10.3. The molecule has 0 aliphatic rings. The van der Waals surface area contributed by atoms with Gasteiger partial charge in [0.05, 0.1) is 4.47 Å². The molecule has 7 heteroatoms. The zero-order valence-corrected chi connectivity index (χ0v) is 12.9. The molecule has 1 aromatic carbocycles. The number of nitrogens with zero attached hydrogens (tertiary/aromatic N) is 2. The van der Waals surface area contributed by atoms with E-state index in [0.29, 0.717) is 15.9 Å². The van der Waals surface area contributed by atoms with Crippen LogP contribution >= 0.6 is 31.9 Å². The highest BCUT2D eigenvalue weighted by molar-refractivity contribution is 9.11. The van der Waals surface area contributed by atoms with Crippen LogP contribution in [0, 0.1) is 6.92 Å². The van der Waals surface area contributed by atoms with E-state index in [-0.39, 0.29) is 11.7 Å². The van der Waals surface area contributed by atoms with E-state index in [2.05, 4.69) is 41.8 Å². The van der Waals surface area contributed by atoms with Crippen LogP contribution < -0.4 is 4.74 Å². The van der Waals surface area contributed by atoms with Crippen LogP contribution in [0.25, 0.3) is 0 Å². The van der Waals surface area contributed by atoms with E-state index >= 15 is 0 Å². The number of carbonyl (C=O) groups is 1. The lowest BCUT2D eigenvalue weighted by atomic mass is 10.3. The predicted octanol–water partition coefficient (Wildman–Crippen LogP) is 3.80. The van der Waals surface area contributed by atoms with Gasteiger partial charge >= 0.3 is 12.0 Å². The number of aryl methyl sites for hydroxylation is 1. The minimum Gasteiger partial charge on any atom is -0.477 e. The number of benzene rings is 1. The third-order valence-corrected chi connectivity index (χ3v) is 3.26. The van der Waals surface area contributed by atoms with Crippen molar-refractivity contribution in [3.8, 4) is 11.8 Å². The number of aromatic nitrogens is 2. The summed E-state index contributed by atoms with van der Waals surface area (Å²) >= 11 is 6.67. The van der Waals surface area contributed by atoms with Crippen molar-refractivity contribution < 1.29 is 14.6 Å². The lowest BCUT2D eigenvalue weighted by molar-refractivity contribution is 0.0689. The van der Waals surface area contributed by atoms with Crippen molar-refractivity contribution in [1.29, 1.82) is 0 Å². The second-order valence-corrected chi connectivity index (χ2v) is 5.43. The Labute approximate surface area is 125 Å². The van der Waals surface area contributed by atoms with Crippen molar-refractivity contribution in [2.45, 2.75) is 6.92 Å². The molecule has 2 aromatic rings. The molecule has 0 aliphatic carbocycles. The fourth-order valence-corrected chi connectivity index (χ4v) is 2.48. The first-order chi connectivity index (χ1) is 8.95. The molecule has 98 valence electrons. The SMILES string of the molecule is Cc1cc(C(=O)O)nc(Oc2ccc(Br)cc2Br)n1. The average Bonchev–Trinajstić information content (AvgIpc) is 2.32.